The number of nitrogens with zero attached hydrogens (tertiary/aromatic N) is 6. The minimum absolute atomic E-state index is 0.0580. The first-order valence-electron chi connectivity index (χ1n) is 17.0. The van der Waals surface area contributed by atoms with E-state index in [0.717, 1.165) is 42.9 Å². The average molecular weight is 783 g/mol. The number of thiazole rings is 1. The second-order valence-corrected chi connectivity index (χ2v) is 18.1. The van der Waals surface area contributed by atoms with E-state index in [2.05, 4.69) is 25.1 Å². The van der Waals surface area contributed by atoms with Crippen LogP contribution in [0, 0.1) is 17.5 Å². The van der Waals surface area contributed by atoms with Crippen molar-refractivity contribution < 1.29 is 30.0 Å². The maximum absolute atomic E-state index is 16.5. The number of hydrogen-bond donors (Lipinski definition) is 2. The summed E-state index contributed by atoms with van der Waals surface area (Å²) < 4.78 is 97.7. The van der Waals surface area contributed by atoms with Gasteiger partial charge in [0.25, 0.3) is 10.0 Å². The van der Waals surface area contributed by atoms with Crippen molar-refractivity contribution >= 4 is 53.8 Å². The van der Waals surface area contributed by atoms with Crippen molar-refractivity contribution in [3.05, 3.63) is 90.5 Å². The van der Waals surface area contributed by atoms with Crippen LogP contribution in [0.25, 0.3) is 21.8 Å². The molecule has 3 aliphatic rings. The first-order valence-corrected chi connectivity index (χ1v) is 21.1. The molecule has 2 bridgehead atoms. The first-order chi connectivity index (χ1) is 25.5. The van der Waals surface area contributed by atoms with Crippen molar-refractivity contribution in [2.24, 2.45) is 0 Å². The van der Waals surface area contributed by atoms with Gasteiger partial charge in [-0.2, -0.15) is 0 Å². The molecule has 2 unspecified atom stereocenters. The van der Waals surface area contributed by atoms with Crippen molar-refractivity contribution in [2.45, 2.75) is 48.7 Å². The number of piperazine rings is 1. The fraction of sp³-hybridized carbons (Fsp3) is 0.314. The molecule has 3 saturated heterocycles. The molecular formula is C35H33F3N8O4S3. The molecule has 0 aliphatic carbocycles. The van der Waals surface area contributed by atoms with Gasteiger partial charge in [-0.3, -0.25) is 4.72 Å². The number of rotatable bonds is 9. The van der Waals surface area contributed by atoms with E-state index in [0.29, 0.717) is 41.6 Å². The Kier molecular flexibility index (Phi) is 9.22. The predicted octanol–water partition coefficient (Wildman–Crippen LogP) is 5.73. The number of pyridine rings is 1. The van der Waals surface area contributed by atoms with Gasteiger partial charge in [0.2, 0.25) is 5.95 Å². The Labute approximate surface area is 308 Å². The summed E-state index contributed by atoms with van der Waals surface area (Å²) in [5, 5.41) is 3.84. The zero-order valence-electron chi connectivity index (χ0n) is 28.0. The number of halogens is 3. The highest BCUT2D eigenvalue weighted by Crippen LogP contribution is 2.44. The van der Waals surface area contributed by atoms with Crippen LogP contribution in [0.5, 0.6) is 0 Å². The lowest BCUT2D eigenvalue weighted by Gasteiger charge is -2.41. The molecule has 0 amide bonds. The fourth-order valence-corrected chi connectivity index (χ4v) is 11.0. The molecule has 8 rings (SSSR count). The van der Waals surface area contributed by atoms with E-state index in [1.165, 1.54) is 23.5 Å². The van der Waals surface area contributed by atoms with Crippen LogP contribution >= 0.6 is 11.3 Å². The van der Waals surface area contributed by atoms with Crippen LogP contribution in [0.1, 0.15) is 25.7 Å². The number of benzene rings is 2. The molecule has 53 heavy (non-hydrogen) atoms. The molecule has 3 fully saturated rings. The van der Waals surface area contributed by atoms with Crippen LogP contribution < -0.4 is 19.8 Å². The Hall–Kier alpha value is -4.81. The maximum Gasteiger partial charge on any atom is 0.267 e. The standard InChI is InChI=1S/C35H33F3N8O4S3/c36-25-6-4-7-26(37)33(25)53(49,50)44-27-8-3-5-24(30(27)38)31-32(28-12-16-40-34(42-28)41-21-13-17-52(47,48)18-14-21)51-35(43-31)45-19-22-10-11-23(20-45)46(22)29-9-1-2-15-39-29/h1-9,12,15-16,21-23,44H,10-11,13-14,17-20H2,(H,40,41,42). The summed E-state index contributed by atoms with van der Waals surface area (Å²) in [7, 11) is -7.95. The van der Waals surface area contributed by atoms with E-state index < -0.39 is 47.9 Å². The highest BCUT2D eigenvalue weighted by molar-refractivity contribution is 7.92. The molecule has 0 saturated carbocycles. The van der Waals surface area contributed by atoms with Crippen LogP contribution in [0.3, 0.4) is 0 Å². The van der Waals surface area contributed by atoms with E-state index in [1.54, 1.807) is 18.5 Å². The van der Waals surface area contributed by atoms with Crippen molar-refractivity contribution in [3.8, 4) is 21.8 Å². The topological polar surface area (TPSA) is 150 Å². The minimum Gasteiger partial charge on any atom is -0.351 e. The van der Waals surface area contributed by atoms with Gasteiger partial charge >= 0.3 is 0 Å². The largest absolute Gasteiger partial charge is 0.351 e. The molecule has 6 heterocycles. The number of sulfonamides is 1. The third kappa shape index (κ3) is 7.02. The summed E-state index contributed by atoms with van der Waals surface area (Å²) in [5.74, 6) is -2.34. The van der Waals surface area contributed by atoms with Gasteiger partial charge in [0.1, 0.15) is 27.3 Å². The highest BCUT2D eigenvalue weighted by atomic mass is 32.2. The minimum atomic E-state index is -4.87. The third-order valence-electron chi connectivity index (χ3n) is 9.74. The number of fused-ring (bicyclic) bond motifs is 2. The number of sulfone groups is 1. The Morgan fingerprint density at radius 3 is 2.23 bits per heavy atom. The van der Waals surface area contributed by atoms with Crippen molar-refractivity contribution in [1.82, 2.24) is 19.9 Å². The number of anilines is 4. The van der Waals surface area contributed by atoms with Gasteiger partial charge in [0, 0.05) is 49.2 Å². The predicted molar refractivity (Wildman–Crippen MR) is 197 cm³/mol. The Morgan fingerprint density at radius 2 is 1.53 bits per heavy atom. The molecule has 276 valence electrons. The summed E-state index contributed by atoms with van der Waals surface area (Å²) in [6, 6.07) is 14.3. The second kappa shape index (κ2) is 13.9. The molecule has 2 aromatic carbocycles. The zero-order valence-corrected chi connectivity index (χ0v) is 30.4. The van der Waals surface area contributed by atoms with Crippen LogP contribution in [0.15, 0.2) is 78.0 Å². The van der Waals surface area contributed by atoms with E-state index in [9.17, 15) is 25.6 Å². The molecule has 18 heteroatoms. The maximum atomic E-state index is 16.5. The van der Waals surface area contributed by atoms with Gasteiger partial charge < -0.3 is 15.1 Å². The van der Waals surface area contributed by atoms with E-state index in [-0.39, 0.29) is 46.8 Å². The molecule has 12 nitrogen and oxygen atoms in total. The fourth-order valence-electron chi connectivity index (χ4n) is 7.24. The van der Waals surface area contributed by atoms with E-state index >= 15 is 4.39 Å². The van der Waals surface area contributed by atoms with Crippen LogP contribution in [0.2, 0.25) is 0 Å². The quantitative estimate of drug-likeness (QED) is 0.189. The normalized spacial score (nSPS) is 20.1. The Balaban J connectivity index is 1.16. The van der Waals surface area contributed by atoms with Crippen molar-refractivity contribution in [1.29, 1.82) is 0 Å². The molecule has 0 spiro atoms. The van der Waals surface area contributed by atoms with Gasteiger partial charge in [0.05, 0.1) is 33.5 Å². The Bertz CT molecular complexity index is 2350. The van der Waals surface area contributed by atoms with Crippen LogP contribution in [-0.4, -0.2) is 79.5 Å². The van der Waals surface area contributed by atoms with Crippen molar-refractivity contribution in [3.63, 3.8) is 0 Å². The molecular weight excluding hydrogens is 750 g/mol. The summed E-state index contributed by atoms with van der Waals surface area (Å²) in [5.41, 5.74) is 0.0227. The van der Waals surface area contributed by atoms with Gasteiger partial charge in [-0.1, -0.05) is 29.5 Å². The summed E-state index contributed by atoms with van der Waals surface area (Å²) in [4.78, 5) is 22.4. The van der Waals surface area contributed by atoms with Crippen molar-refractivity contribution in [2.75, 3.05) is 44.4 Å². The number of nitrogens with one attached hydrogen (secondary N) is 2. The van der Waals surface area contributed by atoms with Gasteiger partial charge in [-0.25, -0.2) is 49.9 Å². The zero-order chi connectivity index (χ0) is 36.9. The lowest BCUT2D eigenvalue weighted by Crippen LogP contribution is -2.54. The highest BCUT2D eigenvalue weighted by Gasteiger charge is 2.42. The molecule has 5 aromatic rings. The molecule has 3 aliphatic heterocycles. The SMILES string of the molecule is O=S1(=O)CCC(Nc2nccc(-c3sc(N4CC5CCC(C4)N5c4ccccn4)nc3-c3cccc(NS(=O)(=O)c4c(F)cccc4F)c3F)n2)CC1. The lowest BCUT2D eigenvalue weighted by molar-refractivity contribution is 0.521. The lowest BCUT2D eigenvalue weighted by atomic mass is 10.1. The summed E-state index contributed by atoms with van der Waals surface area (Å²) >= 11 is 1.30. The van der Waals surface area contributed by atoms with Crippen LogP contribution in [-0.2, 0) is 19.9 Å². The second-order valence-electron chi connectivity index (χ2n) is 13.2. The number of aromatic nitrogens is 4. The van der Waals surface area contributed by atoms with Gasteiger partial charge in [-0.15, -0.1) is 0 Å². The molecule has 2 N–H and O–H groups in total. The first kappa shape index (κ1) is 35.2. The smallest absolute Gasteiger partial charge is 0.267 e. The van der Waals surface area contributed by atoms with Gasteiger partial charge in [0.15, 0.2) is 15.8 Å². The molecule has 3 aromatic heterocycles. The van der Waals surface area contributed by atoms with Crippen LogP contribution in [0.4, 0.5) is 35.8 Å². The third-order valence-corrected chi connectivity index (χ3v) is 14.0. The molecule has 2 atom stereocenters. The monoisotopic (exact) mass is 782 g/mol. The number of hydrogen-bond acceptors (Lipinski definition) is 12. The molecule has 0 radical (unpaired) electrons. The Morgan fingerprint density at radius 1 is 0.811 bits per heavy atom. The average Bonchev–Trinajstić information content (AvgIpc) is 3.69. The summed E-state index contributed by atoms with van der Waals surface area (Å²) in [6.07, 6.45) is 6.06. The van der Waals surface area contributed by atoms with Gasteiger partial charge in [-0.05, 0) is 68.1 Å². The van der Waals surface area contributed by atoms with E-state index in [4.69, 9.17) is 9.97 Å². The summed E-state index contributed by atoms with van der Waals surface area (Å²) in [6.45, 7) is 1.27. The van der Waals surface area contributed by atoms with E-state index in [1.807, 2.05) is 22.9 Å².